The third-order valence-corrected chi connectivity index (χ3v) is 7.49. The van der Waals surface area contributed by atoms with Gasteiger partial charge in [-0.3, -0.25) is 4.79 Å². The summed E-state index contributed by atoms with van der Waals surface area (Å²) in [5, 5.41) is 2.79. The Labute approximate surface area is 228 Å². The molecule has 0 saturated carbocycles. The van der Waals surface area contributed by atoms with Crippen LogP contribution in [0, 0.1) is 11.8 Å². The van der Waals surface area contributed by atoms with Crippen molar-refractivity contribution in [3.05, 3.63) is 12.4 Å². The van der Waals surface area contributed by atoms with E-state index < -0.39 is 36.1 Å². The first kappa shape index (κ1) is 30.2. The Hall–Kier alpha value is -2.40. The topological polar surface area (TPSA) is 106 Å². The number of carbonyl (C=O) groups is 2. The molecule has 0 bridgehead atoms. The minimum Gasteiger partial charge on any atom is -0.444 e. The predicted molar refractivity (Wildman–Crippen MR) is 148 cm³/mol. The van der Waals surface area contributed by atoms with E-state index in [1.165, 1.54) is 0 Å². The Balaban J connectivity index is 1.58. The Kier molecular flexibility index (Phi) is 9.03. The molecule has 3 heterocycles. The molecular weight excluding hydrogens is 485 g/mol. The van der Waals surface area contributed by atoms with Crippen LogP contribution in [0.25, 0.3) is 0 Å². The smallest absolute Gasteiger partial charge is 0.444 e. The van der Waals surface area contributed by atoms with Crippen LogP contribution in [0.5, 0.6) is 0 Å². The fourth-order valence-electron chi connectivity index (χ4n) is 4.66. The van der Waals surface area contributed by atoms with Crippen molar-refractivity contribution in [3.63, 3.8) is 0 Å². The highest BCUT2D eigenvalue weighted by atomic mass is 16.7. The lowest BCUT2D eigenvalue weighted by molar-refractivity contribution is -0.136. The number of ether oxygens (including phenoxy) is 1. The number of nitrogens with one attached hydrogen (secondary N) is 1. The van der Waals surface area contributed by atoms with E-state index in [0.717, 1.165) is 18.3 Å². The molecule has 0 aromatic carbocycles. The van der Waals surface area contributed by atoms with Crippen molar-refractivity contribution in [1.29, 1.82) is 0 Å². The maximum absolute atomic E-state index is 13.4. The Morgan fingerprint density at radius 3 is 2.29 bits per heavy atom. The van der Waals surface area contributed by atoms with Gasteiger partial charge >= 0.3 is 13.2 Å². The van der Waals surface area contributed by atoms with Crippen molar-refractivity contribution in [3.8, 4) is 0 Å². The quantitative estimate of drug-likeness (QED) is 0.536. The fourth-order valence-corrected chi connectivity index (χ4v) is 4.66. The number of amides is 2. The zero-order valence-corrected chi connectivity index (χ0v) is 24.8. The number of carbonyl (C=O) groups excluding carboxylic acids is 2. The maximum atomic E-state index is 13.4. The Bertz CT molecular complexity index is 963. The molecule has 2 atom stereocenters. The van der Waals surface area contributed by atoms with Crippen LogP contribution in [0.1, 0.15) is 75.2 Å². The first-order valence-corrected chi connectivity index (χ1v) is 13.7. The van der Waals surface area contributed by atoms with Gasteiger partial charge in [-0.1, -0.05) is 13.8 Å². The standard InChI is InChI=1S/C27H46BN5O5/c1-18(2)21(31-24(35)36-25(3,4)5)22(34)33-13-11-12-19(17-33)16-32(10)23-29-14-20(15-30-23)28-37-26(6,7)27(8,9)38-28/h14-15,18-19,21H,11-13,16-17H2,1-10H3,(H,31,35)/t19-,21-/m0/s1. The zero-order valence-electron chi connectivity index (χ0n) is 24.8. The molecule has 2 saturated heterocycles. The van der Waals surface area contributed by atoms with Crippen LogP contribution in [-0.4, -0.2) is 83.5 Å². The number of hydrogen-bond acceptors (Lipinski definition) is 8. The number of alkyl carbamates (subject to hydrolysis) is 1. The molecule has 1 N–H and O–H groups in total. The molecule has 212 valence electrons. The number of hydrogen-bond donors (Lipinski definition) is 1. The van der Waals surface area contributed by atoms with Crippen molar-refractivity contribution < 1.29 is 23.6 Å². The van der Waals surface area contributed by atoms with Gasteiger partial charge < -0.3 is 29.2 Å². The van der Waals surface area contributed by atoms with E-state index in [1.807, 2.05) is 58.4 Å². The van der Waals surface area contributed by atoms with Crippen LogP contribution in [0.3, 0.4) is 0 Å². The third-order valence-electron chi connectivity index (χ3n) is 7.49. The van der Waals surface area contributed by atoms with Gasteiger partial charge in [-0.15, -0.1) is 0 Å². The van der Waals surface area contributed by atoms with Gasteiger partial charge in [0.1, 0.15) is 11.6 Å². The largest absolute Gasteiger partial charge is 0.498 e. The fraction of sp³-hybridized carbons (Fsp3) is 0.778. The number of aromatic nitrogens is 2. The minimum atomic E-state index is -0.632. The van der Waals surface area contributed by atoms with Gasteiger partial charge in [-0.25, -0.2) is 14.8 Å². The molecule has 0 unspecified atom stereocenters. The zero-order chi connectivity index (χ0) is 28.5. The second-order valence-corrected chi connectivity index (χ2v) is 12.9. The summed E-state index contributed by atoms with van der Waals surface area (Å²) >= 11 is 0. The summed E-state index contributed by atoms with van der Waals surface area (Å²) in [4.78, 5) is 38.8. The van der Waals surface area contributed by atoms with E-state index in [9.17, 15) is 9.59 Å². The van der Waals surface area contributed by atoms with Gasteiger partial charge in [0.15, 0.2) is 0 Å². The summed E-state index contributed by atoms with van der Waals surface area (Å²) in [6, 6.07) is -0.632. The van der Waals surface area contributed by atoms with Crippen LogP contribution >= 0.6 is 0 Å². The average Bonchev–Trinajstić information content (AvgIpc) is 3.02. The van der Waals surface area contributed by atoms with E-state index in [4.69, 9.17) is 14.0 Å². The molecule has 3 rings (SSSR count). The highest BCUT2D eigenvalue weighted by molar-refractivity contribution is 6.61. The molecular formula is C27H46BN5O5. The SMILES string of the molecule is CC(C)[C@H](NC(=O)OC(C)(C)C)C(=O)N1CCC[C@@H](CN(C)c2ncc(B3OC(C)(C)C(C)(C)O3)cn2)C1. The molecule has 0 aliphatic carbocycles. The number of likely N-dealkylation sites (tertiary alicyclic amines) is 1. The molecule has 2 aliphatic rings. The maximum Gasteiger partial charge on any atom is 0.498 e. The molecule has 2 amide bonds. The second kappa shape index (κ2) is 11.4. The van der Waals surface area contributed by atoms with Crippen LogP contribution in [0.2, 0.25) is 0 Å². The summed E-state index contributed by atoms with van der Waals surface area (Å²) in [5.41, 5.74) is -0.685. The summed E-state index contributed by atoms with van der Waals surface area (Å²) in [7, 11) is 1.46. The van der Waals surface area contributed by atoms with E-state index in [0.29, 0.717) is 25.6 Å². The predicted octanol–water partition coefficient (Wildman–Crippen LogP) is 3.00. The van der Waals surface area contributed by atoms with Gasteiger partial charge in [-0.2, -0.15) is 0 Å². The highest BCUT2D eigenvalue weighted by Gasteiger charge is 2.52. The number of piperidine rings is 1. The third kappa shape index (κ3) is 7.37. The molecule has 11 heteroatoms. The van der Waals surface area contributed by atoms with Crippen LogP contribution in [-0.2, 0) is 18.8 Å². The van der Waals surface area contributed by atoms with E-state index in [2.05, 4.69) is 15.3 Å². The van der Waals surface area contributed by atoms with Crippen molar-refractivity contribution in [2.45, 2.75) is 98.0 Å². The van der Waals surface area contributed by atoms with Gasteiger partial charge in [0.2, 0.25) is 11.9 Å². The number of rotatable bonds is 7. The lowest BCUT2D eigenvalue weighted by atomic mass is 9.81. The average molecular weight is 532 g/mol. The monoisotopic (exact) mass is 531 g/mol. The molecule has 2 fully saturated rings. The summed E-state index contributed by atoms with van der Waals surface area (Å²) in [6.45, 7) is 19.4. The molecule has 38 heavy (non-hydrogen) atoms. The first-order valence-electron chi connectivity index (χ1n) is 13.7. The van der Waals surface area contributed by atoms with E-state index >= 15 is 0 Å². The Morgan fingerprint density at radius 2 is 1.76 bits per heavy atom. The summed E-state index contributed by atoms with van der Waals surface area (Å²) < 4.78 is 17.6. The van der Waals surface area contributed by atoms with E-state index in [1.54, 1.807) is 33.2 Å². The van der Waals surface area contributed by atoms with Gasteiger partial charge in [0.25, 0.3) is 0 Å². The molecule has 0 spiro atoms. The molecule has 2 aliphatic heterocycles. The van der Waals surface area contributed by atoms with Gasteiger partial charge in [-0.05, 0) is 73.1 Å². The van der Waals surface area contributed by atoms with Crippen LogP contribution < -0.4 is 15.7 Å². The van der Waals surface area contributed by atoms with Gasteiger partial charge in [0.05, 0.1) is 11.2 Å². The lowest BCUT2D eigenvalue weighted by Gasteiger charge is -2.37. The molecule has 0 radical (unpaired) electrons. The Morgan fingerprint density at radius 1 is 1.18 bits per heavy atom. The van der Waals surface area contributed by atoms with Crippen LogP contribution in [0.15, 0.2) is 12.4 Å². The molecule has 10 nitrogen and oxygen atoms in total. The van der Waals surface area contributed by atoms with Crippen molar-refractivity contribution >= 4 is 30.5 Å². The number of nitrogens with zero attached hydrogens (tertiary/aromatic N) is 4. The summed E-state index contributed by atoms with van der Waals surface area (Å²) in [6.07, 6.45) is 4.86. The molecule has 1 aromatic rings. The normalized spacial score (nSPS) is 21.8. The van der Waals surface area contributed by atoms with E-state index in [-0.39, 0.29) is 17.7 Å². The van der Waals surface area contributed by atoms with Gasteiger partial charge in [0, 0.05) is 44.5 Å². The highest BCUT2D eigenvalue weighted by Crippen LogP contribution is 2.36. The van der Waals surface area contributed by atoms with Crippen molar-refractivity contribution in [1.82, 2.24) is 20.2 Å². The van der Waals surface area contributed by atoms with Crippen molar-refractivity contribution in [2.75, 3.05) is 31.6 Å². The van der Waals surface area contributed by atoms with Crippen molar-refractivity contribution in [2.24, 2.45) is 11.8 Å². The summed E-state index contributed by atoms with van der Waals surface area (Å²) in [5.74, 6) is 0.744. The second-order valence-electron chi connectivity index (χ2n) is 12.9. The first-order chi connectivity index (χ1) is 17.5. The minimum absolute atomic E-state index is 0.0611. The van der Waals surface area contributed by atoms with Crippen LogP contribution in [0.4, 0.5) is 10.7 Å². The lowest BCUT2D eigenvalue weighted by Crippen LogP contribution is -2.54. The number of anilines is 1. The molecule has 1 aromatic heterocycles.